The first kappa shape index (κ1) is 16.0. The highest BCUT2D eigenvalue weighted by Gasteiger charge is 2.48. The van der Waals surface area contributed by atoms with Crippen LogP contribution in [0.15, 0.2) is 24.3 Å². The van der Waals surface area contributed by atoms with Crippen LogP contribution in [0.2, 0.25) is 10.0 Å². The molecule has 0 radical (unpaired) electrons. The van der Waals surface area contributed by atoms with Gasteiger partial charge in [-0.15, -0.1) is 0 Å². The van der Waals surface area contributed by atoms with Gasteiger partial charge in [0.2, 0.25) is 0 Å². The maximum absolute atomic E-state index is 12.1. The summed E-state index contributed by atoms with van der Waals surface area (Å²) in [5.41, 5.74) is 0.225. The number of halogens is 2. The largest absolute Gasteiger partial charge is 0.299 e. The van der Waals surface area contributed by atoms with E-state index in [4.69, 9.17) is 33.0 Å². The van der Waals surface area contributed by atoms with E-state index in [9.17, 15) is 4.79 Å². The van der Waals surface area contributed by atoms with Gasteiger partial charge in [-0.2, -0.15) is 0 Å². The minimum Gasteiger partial charge on any atom is -0.299 e. The first-order valence-electron chi connectivity index (χ1n) is 7.40. The van der Waals surface area contributed by atoms with Gasteiger partial charge in [0.25, 0.3) is 0 Å². The number of carbonyl (C=O) groups excluding carboxylic acids is 1. The molecule has 1 saturated carbocycles. The normalized spacial score (nSPS) is 35.1. The summed E-state index contributed by atoms with van der Waals surface area (Å²) in [6.45, 7) is 3.84. The monoisotopic (exact) mass is 340 g/mol. The van der Waals surface area contributed by atoms with E-state index in [1.165, 1.54) is 0 Å². The molecule has 0 spiro atoms. The van der Waals surface area contributed by atoms with Crippen LogP contribution in [0.25, 0.3) is 6.08 Å². The van der Waals surface area contributed by atoms with Crippen molar-refractivity contribution < 1.29 is 14.6 Å². The van der Waals surface area contributed by atoms with Crippen molar-refractivity contribution in [2.24, 2.45) is 11.8 Å². The van der Waals surface area contributed by atoms with E-state index in [2.05, 4.69) is 0 Å². The first-order chi connectivity index (χ1) is 10.4. The Balaban J connectivity index is 1.82. The Morgan fingerprint density at radius 2 is 2.14 bits per heavy atom. The van der Waals surface area contributed by atoms with Gasteiger partial charge in [-0.1, -0.05) is 42.3 Å². The fourth-order valence-electron chi connectivity index (χ4n) is 3.05. The highest BCUT2D eigenvalue weighted by molar-refractivity contribution is 6.35. The van der Waals surface area contributed by atoms with Crippen molar-refractivity contribution in [2.45, 2.75) is 38.4 Å². The standard InChI is InChI=1S/C17H18Cl2O3/c1-10-15(20)7-12-8-16(10)21-22-17(12,2)6-5-11-3-4-13(18)9-14(11)19/h3-6,9-10,12,16H,7-8H2,1-2H3/t10-,12+,16+,17-/m0/s1. The zero-order valence-corrected chi connectivity index (χ0v) is 14.0. The average Bonchev–Trinajstić information content (AvgIpc) is 2.47. The van der Waals surface area contributed by atoms with Gasteiger partial charge in [-0.05, 0) is 37.1 Å². The number of hydrogen-bond donors (Lipinski definition) is 0. The second-order valence-corrected chi connectivity index (χ2v) is 7.14. The molecule has 0 N–H and O–H groups in total. The molecule has 5 heteroatoms. The van der Waals surface area contributed by atoms with Gasteiger partial charge in [0.15, 0.2) is 0 Å². The van der Waals surface area contributed by atoms with E-state index in [-0.39, 0.29) is 23.7 Å². The summed E-state index contributed by atoms with van der Waals surface area (Å²) in [7, 11) is 0. The lowest BCUT2D eigenvalue weighted by molar-refractivity contribution is -0.415. The maximum Gasteiger partial charge on any atom is 0.138 e. The van der Waals surface area contributed by atoms with Gasteiger partial charge >= 0.3 is 0 Å². The lowest BCUT2D eigenvalue weighted by Gasteiger charge is -2.45. The van der Waals surface area contributed by atoms with Crippen LogP contribution in [0.3, 0.4) is 0 Å². The zero-order valence-electron chi connectivity index (χ0n) is 12.5. The van der Waals surface area contributed by atoms with Crippen LogP contribution in [0.4, 0.5) is 0 Å². The minimum absolute atomic E-state index is 0.0875. The van der Waals surface area contributed by atoms with Crippen LogP contribution in [-0.4, -0.2) is 17.5 Å². The summed E-state index contributed by atoms with van der Waals surface area (Å²) in [6.07, 6.45) is 5.04. The number of fused-ring (bicyclic) bond motifs is 2. The van der Waals surface area contributed by atoms with Crippen molar-refractivity contribution in [1.82, 2.24) is 0 Å². The Bertz CT molecular complexity index is 628. The van der Waals surface area contributed by atoms with Crippen molar-refractivity contribution in [3.05, 3.63) is 39.9 Å². The summed E-state index contributed by atoms with van der Waals surface area (Å²) in [4.78, 5) is 23.2. The number of ketones is 1. The number of rotatable bonds is 2. The molecule has 2 aliphatic rings. The quantitative estimate of drug-likeness (QED) is 0.731. The Labute approximate surface area is 140 Å². The first-order valence-corrected chi connectivity index (χ1v) is 8.16. The summed E-state index contributed by atoms with van der Waals surface area (Å²) in [5, 5.41) is 1.18. The van der Waals surface area contributed by atoms with Crippen LogP contribution in [-0.2, 0) is 14.6 Å². The van der Waals surface area contributed by atoms with Gasteiger partial charge in [0.1, 0.15) is 17.5 Å². The van der Waals surface area contributed by atoms with E-state index in [0.717, 1.165) is 12.0 Å². The molecule has 3 rings (SSSR count). The van der Waals surface area contributed by atoms with Crippen LogP contribution in [0.1, 0.15) is 32.3 Å². The van der Waals surface area contributed by atoms with Crippen molar-refractivity contribution in [1.29, 1.82) is 0 Å². The molecule has 4 atom stereocenters. The molecule has 0 aromatic heterocycles. The fraction of sp³-hybridized carbons (Fsp3) is 0.471. The van der Waals surface area contributed by atoms with Crippen LogP contribution < -0.4 is 0 Å². The molecule has 1 aliphatic heterocycles. The Morgan fingerprint density at radius 1 is 1.36 bits per heavy atom. The summed E-state index contributed by atoms with van der Waals surface area (Å²) in [6, 6.07) is 5.34. The Hall–Kier alpha value is -0.870. The Kier molecular flexibility index (Phi) is 4.34. The van der Waals surface area contributed by atoms with Crippen LogP contribution in [0.5, 0.6) is 0 Å². The van der Waals surface area contributed by atoms with Gasteiger partial charge in [0, 0.05) is 28.3 Å². The van der Waals surface area contributed by atoms with Crippen molar-refractivity contribution >= 4 is 35.1 Å². The molecular formula is C17H18Cl2O3. The average molecular weight is 341 g/mol. The van der Waals surface area contributed by atoms with E-state index in [0.29, 0.717) is 16.5 Å². The maximum atomic E-state index is 12.1. The molecule has 0 amide bonds. The number of Topliss-reactive ketones (excluding diaryl/α,β-unsaturated/α-hetero) is 1. The lowest BCUT2D eigenvalue weighted by Crippen LogP contribution is -2.51. The zero-order chi connectivity index (χ0) is 15.9. The molecule has 0 unspecified atom stereocenters. The number of hydrogen-bond acceptors (Lipinski definition) is 3. The molecule has 2 bridgehead atoms. The lowest BCUT2D eigenvalue weighted by atomic mass is 9.71. The molecular weight excluding hydrogens is 323 g/mol. The number of carbonyl (C=O) groups is 1. The minimum atomic E-state index is -0.630. The topological polar surface area (TPSA) is 35.5 Å². The van der Waals surface area contributed by atoms with E-state index in [1.54, 1.807) is 12.1 Å². The predicted octanol–water partition coefficient (Wildman–Crippen LogP) is 4.71. The van der Waals surface area contributed by atoms with E-state index in [1.807, 2.05) is 32.1 Å². The van der Waals surface area contributed by atoms with E-state index < -0.39 is 5.60 Å². The molecule has 1 aliphatic carbocycles. The summed E-state index contributed by atoms with van der Waals surface area (Å²) in [5.74, 6) is 0.279. The highest BCUT2D eigenvalue weighted by Crippen LogP contribution is 2.43. The third kappa shape index (κ3) is 2.95. The summed E-state index contributed by atoms with van der Waals surface area (Å²) < 4.78 is 0. The second-order valence-electron chi connectivity index (χ2n) is 6.29. The highest BCUT2D eigenvalue weighted by atomic mass is 35.5. The van der Waals surface area contributed by atoms with Gasteiger partial charge in [-0.25, -0.2) is 9.78 Å². The van der Waals surface area contributed by atoms with Gasteiger partial charge in [0.05, 0.1) is 0 Å². The molecule has 1 heterocycles. The van der Waals surface area contributed by atoms with Gasteiger partial charge < -0.3 is 0 Å². The van der Waals surface area contributed by atoms with Gasteiger partial charge in [-0.3, -0.25) is 4.79 Å². The predicted molar refractivity (Wildman–Crippen MR) is 86.8 cm³/mol. The molecule has 22 heavy (non-hydrogen) atoms. The molecule has 118 valence electrons. The van der Waals surface area contributed by atoms with Crippen molar-refractivity contribution in [3.63, 3.8) is 0 Å². The molecule has 1 aromatic carbocycles. The third-order valence-corrected chi connectivity index (χ3v) is 5.31. The molecule has 2 fully saturated rings. The summed E-state index contributed by atoms with van der Waals surface area (Å²) >= 11 is 12.1. The SMILES string of the molecule is C[C@H]1C(=O)C[C@@H]2C[C@H]1OO[C@@]2(C)C=Cc1ccc(Cl)cc1Cl. The smallest absolute Gasteiger partial charge is 0.138 e. The van der Waals surface area contributed by atoms with E-state index >= 15 is 0 Å². The molecule has 3 nitrogen and oxygen atoms in total. The molecule has 1 saturated heterocycles. The third-order valence-electron chi connectivity index (χ3n) is 4.75. The second kappa shape index (κ2) is 5.97. The molecule has 1 aromatic rings. The fourth-order valence-corrected chi connectivity index (χ4v) is 3.52. The van der Waals surface area contributed by atoms with Crippen LogP contribution >= 0.6 is 23.2 Å². The van der Waals surface area contributed by atoms with Crippen molar-refractivity contribution in [3.8, 4) is 0 Å². The van der Waals surface area contributed by atoms with Crippen molar-refractivity contribution in [2.75, 3.05) is 0 Å². The Morgan fingerprint density at radius 3 is 2.86 bits per heavy atom. The van der Waals surface area contributed by atoms with Crippen LogP contribution in [0, 0.1) is 11.8 Å². The number of benzene rings is 1.